The third-order valence-electron chi connectivity index (χ3n) is 1.28. The van der Waals surface area contributed by atoms with Crippen molar-refractivity contribution in [3.05, 3.63) is 0 Å². The van der Waals surface area contributed by atoms with Gasteiger partial charge >= 0.3 is 50.1 Å². The Hall–Kier alpha value is -0.320. The molecule has 0 aliphatic rings. The molecule has 0 saturated heterocycles. The van der Waals surface area contributed by atoms with Crippen molar-refractivity contribution < 1.29 is 79.0 Å². The summed E-state index contributed by atoms with van der Waals surface area (Å²) in [5.41, 5.74) is -2.80. The van der Waals surface area contributed by atoms with Gasteiger partial charge in [0.25, 0.3) is 0 Å². The van der Waals surface area contributed by atoms with Crippen LogP contribution < -0.4 is 34.7 Å². The molecule has 0 aromatic carbocycles. The molecule has 100 valence electrons. The summed E-state index contributed by atoms with van der Waals surface area (Å²) in [6.45, 7) is 0. The van der Waals surface area contributed by atoms with Crippen molar-refractivity contribution in [1.82, 2.24) is 0 Å². The molecule has 0 spiro atoms. The summed E-state index contributed by atoms with van der Waals surface area (Å²) in [5, 5.41) is 35.5. The van der Waals surface area contributed by atoms with Crippen LogP contribution in [-0.4, -0.2) is 53.5 Å². The quantitative estimate of drug-likeness (QED) is 0.209. The first-order valence-corrected chi connectivity index (χ1v) is 4.95. The molecule has 0 radical (unpaired) electrons. The Labute approximate surface area is 124 Å². The van der Waals surface area contributed by atoms with Crippen LogP contribution in [0.3, 0.4) is 0 Å². The maximum absolute atomic E-state index is 10.3. The van der Waals surface area contributed by atoms with E-state index in [1.165, 1.54) is 0 Å². The van der Waals surface area contributed by atoms with E-state index in [2.05, 4.69) is 0 Å². The van der Waals surface area contributed by atoms with Gasteiger partial charge in [-0.1, -0.05) is 0 Å². The Morgan fingerprint density at radius 3 is 1.56 bits per heavy atom. The second-order valence-corrected chi connectivity index (χ2v) is 3.26. The van der Waals surface area contributed by atoms with Crippen molar-refractivity contribution >= 4 is 26.5 Å². The van der Waals surface area contributed by atoms with Crippen molar-refractivity contribution in [2.24, 2.45) is 0 Å². The Morgan fingerprint density at radius 2 is 1.39 bits per heavy atom. The van der Waals surface area contributed by atoms with E-state index in [0.717, 1.165) is 0 Å². The van der Waals surface area contributed by atoms with E-state index < -0.39 is 45.0 Å². The van der Waals surface area contributed by atoms with Gasteiger partial charge in [-0.2, -0.15) is 0 Å². The average molecular weight is 296 g/mol. The maximum Gasteiger partial charge on any atom is 1.00 e. The second-order valence-electron chi connectivity index (χ2n) is 2.72. The van der Waals surface area contributed by atoms with Gasteiger partial charge in [-0.05, 0) is 0 Å². The summed E-state index contributed by atoms with van der Waals surface area (Å²) >= 11 is 0. The van der Waals surface area contributed by atoms with Crippen molar-refractivity contribution in [3.63, 3.8) is 0 Å². The normalized spacial score (nSPS) is 12.5. The standard InChI is InChI=1S/C6H8O7.Na.H3O3P/c7-3(8)1-6(13,5(11)12)2-4(9)10;;1-4(2)3/h13H,1-2H2,(H,7,8)(H,9,10)(H,11,12);;1-3H/q;+1;/p-1. The first-order valence-electron chi connectivity index (χ1n) is 3.75. The third kappa shape index (κ3) is 13.7. The van der Waals surface area contributed by atoms with E-state index in [-0.39, 0.29) is 29.6 Å². The number of rotatable bonds is 5. The number of hydrogen-bond acceptors (Lipinski definition) is 8. The molecule has 6 N–H and O–H groups in total. The fraction of sp³-hybridized carbons (Fsp3) is 0.500. The van der Waals surface area contributed by atoms with Crippen LogP contribution >= 0.6 is 8.60 Å². The molecule has 1 atom stereocenters. The Morgan fingerprint density at radius 1 is 1.06 bits per heavy atom. The molecule has 10 nitrogen and oxygen atoms in total. The molecule has 0 rings (SSSR count). The molecule has 18 heavy (non-hydrogen) atoms. The number of carbonyl (C=O) groups excluding carboxylic acids is 1. The van der Waals surface area contributed by atoms with Crippen LogP contribution in [0.2, 0.25) is 0 Å². The summed E-state index contributed by atoms with van der Waals surface area (Å²) in [6.07, 6.45) is -2.44. The van der Waals surface area contributed by atoms with Gasteiger partial charge in [0.15, 0.2) is 5.60 Å². The molecule has 0 heterocycles. The van der Waals surface area contributed by atoms with Crippen LogP contribution in [0.5, 0.6) is 0 Å². The number of carbonyl (C=O) groups is 3. The van der Waals surface area contributed by atoms with Gasteiger partial charge in [0.2, 0.25) is 0 Å². The molecule has 0 fully saturated rings. The first-order chi connectivity index (χ1) is 7.51. The van der Waals surface area contributed by atoms with Crippen molar-refractivity contribution in [2.45, 2.75) is 18.4 Å². The summed E-state index contributed by atoms with van der Waals surface area (Å²) in [7, 11) is -2.62. The summed E-state index contributed by atoms with van der Waals surface area (Å²) in [4.78, 5) is 52.0. The third-order valence-corrected chi connectivity index (χ3v) is 1.28. The fourth-order valence-corrected chi connectivity index (χ4v) is 0.703. The van der Waals surface area contributed by atoms with Gasteiger partial charge in [-0.3, -0.25) is 4.79 Å². The number of carboxylic acid groups (broad SMARTS) is 3. The molecular formula is C6H10NaO10P. The zero-order valence-corrected chi connectivity index (χ0v) is 12.1. The molecule has 0 bridgehead atoms. The monoisotopic (exact) mass is 296 g/mol. The number of hydrogen-bond donors (Lipinski definition) is 6. The minimum absolute atomic E-state index is 0. The van der Waals surface area contributed by atoms with Crippen molar-refractivity contribution in [2.75, 3.05) is 0 Å². The van der Waals surface area contributed by atoms with E-state index >= 15 is 0 Å². The van der Waals surface area contributed by atoms with Gasteiger partial charge in [-0.25, -0.2) is 4.79 Å². The van der Waals surface area contributed by atoms with Gasteiger partial charge in [-0.15, -0.1) is 0 Å². The zero-order chi connectivity index (χ0) is 14.2. The van der Waals surface area contributed by atoms with Crippen LogP contribution in [-0.2, 0) is 14.4 Å². The minimum atomic E-state index is -2.80. The van der Waals surface area contributed by atoms with E-state index in [0.29, 0.717) is 0 Å². The summed E-state index contributed by atoms with van der Waals surface area (Å²) < 4.78 is 0. The predicted molar refractivity (Wildman–Crippen MR) is 48.0 cm³/mol. The number of aliphatic hydroxyl groups is 1. The molecule has 1 unspecified atom stereocenters. The van der Waals surface area contributed by atoms with E-state index in [4.69, 9.17) is 30.0 Å². The predicted octanol–water partition coefficient (Wildman–Crippen LogP) is -6.39. The van der Waals surface area contributed by atoms with Gasteiger partial charge in [0.1, 0.15) is 0 Å². The Kier molecular flexibility index (Phi) is 13.4. The Bertz CT molecular complexity index is 273. The van der Waals surface area contributed by atoms with Crippen molar-refractivity contribution in [3.8, 4) is 0 Å². The first kappa shape index (κ1) is 22.8. The molecule has 0 aliphatic heterocycles. The molecular weight excluding hydrogens is 286 g/mol. The molecule has 0 amide bonds. The smallest absolute Gasteiger partial charge is 0.550 e. The van der Waals surface area contributed by atoms with Crippen LogP contribution in [0.4, 0.5) is 0 Å². The van der Waals surface area contributed by atoms with Gasteiger partial charge in [0, 0.05) is 12.4 Å². The summed E-state index contributed by atoms with van der Waals surface area (Å²) in [6, 6.07) is 0. The number of carboxylic acids is 3. The molecule has 12 heteroatoms. The zero-order valence-electron chi connectivity index (χ0n) is 9.18. The SMILES string of the molecule is O=C([O-])CC(O)(CC(=O)O)C(=O)O.OP(O)O.[Na+]. The minimum Gasteiger partial charge on any atom is -0.550 e. The van der Waals surface area contributed by atoms with E-state index in [9.17, 15) is 19.5 Å². The molecule has 0 aromatic heterocycles. The van der Waals surface area contributed by atoms with Crippen LogP contribution in [0.15, 0.2) is 0 Å². The van der Waals surface area contributed by atoms with Crippen LogP contribution in [0.1, 0.15) is 12.8 Å². The van der Waals surface area contributed by atoms with Crippen LogP contribution in [0.25, 0.3) is 0 Å². The summed E-state index contributed by atoms with van der Waals surface area (Å²) in [5.74, 6) is -5.34. The largest absolute Gasteiger partial charge is 1.00 e. The number of aliphatic carboxylic acids is 3. The van der Waals surface area contributed by atoms with Gasteiger partial charge < -0.3 is 39.9 Å². The van der Waals surface area contributed by atoms with Crippen LogP contribution in [0, 0.1) is 0 Å². The fourth-order valence-electron chi connectivity index (χ4n) is 0.703. The molecule has 0 aliphatic carbocycles. The molecule has 0 aromatic rings. The second kappa shape index (κ2) is 10.6. The maximum atomic E-state index is 10.3. The average Bonchev–Trinajstić information content (AvgIpc) is 1.98. The Balaban J connectivity index is -0.000000392. The van der Waals surface area contributed by atoms with Gasteiger partial charge in [0.05, 0.1) is 6.42 Å². The molecule has 0 saturated carbocycles. The van der Waals surface area contributed by atoms with Crippen molar-refractivity contribution in [1.29, 1.82) is 0 Å². The van der Waals surface area contributed by atoms with E-state index in [1.807, 2.05) is 0 Å². The van der Waals surface area contributed by atoms with E-state index in [1.54, 1.807) is 0 Å². The topological polar surface area (TPSA) is 196 Å².